The molecule has 0 aliphatic heterocycles. The monoisotopic (exact) mass is 411 g/mol. The van der Waals surface area contributed by atoms with Crippen molar-refractivity contribution in [2.75, 3.05) is 21.5 Å². The number of nitrogen functional groups attached to an aromatic ring is 1. The van der Waals surface area contributed by atoms with Crippen molar-refractivity contribution < 1.29 is 13.2 Å². The highest BCUT2D eigenvalue weighted by atomic mass is 35.5. The lowest BCUT2D eigenvalue weighted by atomic mass is 10.1. The van der Waals surface area contributed by atoms with Crippen LogP contribution in [0.3, 0.4) is 0 Å². The van der Waals surface area contributed by atoms with Crippen molar-refractivity contribution in [2.24, 2.45) is 0 Å². The average molecular weight is 412 g/mol. The highest BCUT2D eigenvalue weighted by Gasteiger charge is 2.13. The molecule has 6 nitrogen and oxygen atoms in total. The zero-order valence-electron chi connectivity index (χ0n) is 15.5. The molecule has 148 valence electrons. The third-order valence-electron chi connectivity index (χ3n) is 4.02. The Balaban J connectivity index is 0.00000364. The molecule has 0 saturated heterocycles. The summed E-state index contributed by atoms with van der Waals surface area (Å²) in [5.74, 6) is -0.0912. The zero-order valence-corrected chi connectivity index (χ0v) is 17.1. The summed E-state index contributed by atoms with van der Waals surface area (Å²) in [6, 6.07) is 12.6. The first-order chi connectivity index (χ1) is 12.3. The fourth-order valence-corrected chi connectivity index (χ4v) is 3.79. The number of nitrogens with two attached hydrogens (primary N) is 1. The smallest absolute Gasteiger partial charge is 0.232 e. The predicted molar refractivity (Wildman–Crippen MR) is 114 cm³/mol. The molecule has 1 amide bonds. The number of anilines is 3. The van der Waals surface area contributed by atoms with Gasteiger partial charge in [-0.05, 0) is 49.1 Å². The Labute approximate surface area is 167 Å². The summed E-state index contributed by atoms with van der Waals surface area (Å²) in [6.07, 6.45) is 1.37. The maximum Gasteiger partial charge on any atom is 0.232 e. The molecule has 27 heavy (non-hydrogen) atoms. The van der Waals surface area contributed by atoms with Crippen molar-refractivity contribution in [2.45, 2.75) is 33.1 Å². The van der Waals surface area contributed by atoms with Crippen molar-refractivity contribution in [3.05, 3.63) is 53.6 Å². The summed E-state index contributed by atoms with van der Waals surface area (Å²) in [5, 5.41) is 2.84. The molecular formula is C19H26ClN3O3S. The lowest BCUT2D eigenvalue weighted by Crippen LogP contribution is -2.18. The summed E-state index contributed by atoms with van der Waals surface area (Å²) < 4.78 is 26.5. The molecule has 8 heteroatoms. The number of amides is 1. The van der Waals surface area contributed by atoms with Gasteiger partial charge in [-0.25, -0.2) is 8.42 Å². The molecule has 0 unspecified atom stereocenters. The third kappa shape index (κ3) is 6.77. The minimum Gasteiger partial charge on any atom is -0.399 e. The number of sulfonamides is 1. The van der Waals surface area contributed by atoms with Crippen LogP contribution in [-0.4, -0.2) is 20.1 Å². The Bertz CT molecular complexity index is 886. The molecule has 0 fully saturated rings. The molecule has 0 saturated carbocycles. The van der Waals surface area contributed by atoms with Gasteiger partial charge in [-0.1, -0.05) is 31.2 Å². The highest BCUT2D eigenvalue weighted by Crippen LogP contribution is 2.25. The van der Waals surface area contributed by atoms with Gasteiger partial charge >= 0.3 is 0 Å². The van der Waals surface area contributed by atoms with Gasteiger partial charge in [-0.3, -0.25) is 9.52 Å². The third-order valence-corrected chi connectivity index (χ3v) is 5.50. The van der Waals surface area contributed by atoms with Crippen molar-refractivity contribution in [3.8, 4) is 0 Å². The molecule has 0 aliphatic rings. The quantitative estimate of drug-likeness (QED) is 0.576. The molecule has 0 radical (unpaired) electrons. The average Bonchev–Trinajstić information content (AvgIpc) is 2.57. The molecule has 0 aromatic heterocycles. The fourth-order valence-electron chi connectivity index (χ4n) is 2.59. The molecule has 2 aromatic carbocycles. The number of halogens is 1. The van der Waals surface area contributed by atoms with Crippen LogP contribution < -0.4 is 15.8 Å². The number of hydrogen-bond donors (Lipinski definition) is 3. The van der Waals surface area contributed by atoms with E-state index >= 15 is 0 Å². The van der Waals surface area contributed by atoms with Crippen LogP contribution in [-0.2, 0) is 21.2 Å². The van der Waals surface area contributed by atoms with Crippen LogP contribution in [0.5, 0.6) is 0 Å². The van der Waals surface area contributed by atoms with Crippen LogP contribution in [0.1, 0.15) is 30.9 Å². The number of para-hydroxylation sites is 1. The first-order valence-electron chi connectivity index (χ1n) is 8.55. The van der Waals surface area contributed by atoms with Crippen molar-refractivity contribution in [3.63, 3.8) is 0 Å². The summed E-state index contributed by atoms with van der Waals surface area (Å²) in [7, 11) is -3.38. The van der Waals surface area contributed by atoms with Crippen LogP contribution in [0, 0.1) is 6.92 Å². The summed E-state index contributed by atoms with van der Waals surface area (Å²) in [6.45, 7) is 3.58. The van der Waals surface area contributed by atoms with E-state index in [0.29, 0.717) is 41.9 Å². The largest absolute Gasteiger partial charge is 0.399 e. The zero-order chi connectivity index (χ0) is 19.2. The molecule has 0 heterocycles. The van der Waals surface area contributed by atoms with E-state index in [0.717, 1.165) is 5.56 Å². The van der Waals surface area contributed by atoms with Crippen LogP contribution in [0.4, 0.5) is 17.1 Å². The Morgan fingerprint density at radius 2 is 1.74 bits per heavy atom. The van der Waals surface area contributed by atoms with Crippen molar-refractivity contribution in [1.29, 1.82) is 0 Å². The second-order valence-electron chi connectivity index (χ2n) is 6.15. The minimum atomic E-state index is -3.38. The van der Waals surface area contributed by atoms with E-state index in [1.807, 2.05) is 31.2 Å². The molecule has 2 aromatic rings. The molecule has 0 spiro atoms. The summed E-state index contributed by atoms with van der Waals surface area (Å²) in [5.41, 5.74) is 9.24. The second-order valence-corrected chi connectivity index (χ2v) is 7.99. The summed E-state index contributed by atoms with van der Waals surface area (Å²) >= 11 is 0. The van der Waals surface area contributed by atoms with Crippen molar-refractivity contribution in [1.82, 2.24) is 0 Å². The van der Waals surface area contributed by atoms with Gasteiger partial charge in [0.1, 0.15) is 0 Å². The van der Waals surface area contributed by atoms with E-state index < -0.39 is 10.0 Å². The Kier molecular flexibility index (Phi) is 8.59. The first kappa shape index (κ1) is 22.8. The molecule has 4 N–H and O–H groups in total. The van der Waals surface area contributed by atoms with Crippen LogP contribution in [0.2, 0.25) is 0 Å². The Morgan fingerprint density at radius 1 is 1.07 bits per heavy atom. The van der Waals surface area contributed by atoms with Crippen LogP contribution in [0.15, 0.2) is 42.5 Å². The topological polar surface area (TPSA) is 101 Å². The number of carbonyl (C=O) groups excluding carboxylic acids is 1. The normalized spacial score (nSPS) is 10.7. The highest BCUT2D eigenvalue weighted by molar-refractivity contribution is 7.92. The van der Waals surface area contributed by atoms with Gasteiger partial charge in [0.15, 0.2) is 0 Å². The lowest BCUT2D eigenvalue weighted by Gasteiger charge is -2.14. The number of nitrogens with one attached hydrogen (secondary N) is 2. The van der Waals surface area contributed by atoms with Gasteiger partial charge in [0.25, 0.3) is 0 Å². The fraction of sp³-hybridized carbons (Fsp3) is 0.316. The molecule has 0 bridgehead atoms. The molecule has 2 rings (SSSR count). The number of aryl methyl sites for hydroxylation is 1. The predicted octanol–water partition coefficient (Wildman–Crippen LogP) is 3.72. The van der Waals surface area contributed by atoms with E-state index in [9.17, 15) is 13.2 Å². The van der Waals surface area contributed by atoms with Gasteiger partial charge in [0.05, 0.1) is 11.4 Å². The second kappa shape index (κ2) is 10.2. The standard InChI is InChI=1S/C19H25N3O3S.ClH/c1-3-13-26(24,25)22-18-10-6-9-17(14(18)2)21-19(23)12-11-15-7-4-5-8-16(15)20;/h4-10,22H,3,11-13,20H2,1-2H3,(H,21,23);1H. The van der Waals surface area contributed by atoms with E-state index in [-0.39, 0.29) is 24.1 Å². The van der Waals surface area contributed by atoms with Gasteiger partial charge < -0.3 is 11.1 Å². The van der Waals surface area contributed by atoms with E-state index in [4.69, 9.17) is 5.73 Å². The number of benzene rings is 2. The molecule has 0 atom stereocenters. The number of carbonyl (C=O) groups is 1. The van der Waals surface area contributed by atoms with E-state index in [1.165, 1.54) is 0 Å². The maximum atomic E-state index is 12.3. The maximum absolute atomic E-state index is 12.3. The molecule has 0 aliphatic carbocycles. The first-order valence-corrected chi connectivity index (χ1v) is 10.2. The van der Waals surface area contributed by atoms with Gasteiger partial charge in [-0.15, -0.1) is 12.4 Å². The molecular weight excluding hydrogens is 386 g/mol. The summed E-state index contributed by atoms with van der Waals surface area (Å²) in [4.78, 5) is 12.3. The number of rotatable bonds is 8. The van der Waals surface area contributed by atoms with Gasteiger partial charge in [0.2, 0.25) is 15.9 Å². The van der Waals surface area contributed by atoms with Crippen LogP contribution in [0.25, 0.3) is 0 Å². The van der Waals surface area contributed by atoms with E-state index in [2.05, 4.69) is 10.0 Å². The Hall–Kier alpha value is -2.25. The Morgan fingerprint density at radius 3 is 2.41 bits per heavy atom. The number of hydrogen-bond acceptors (Lipinski definition) is 4. The van der Waals surface area contributed by atoms with Gasteiger partial charge in [0, 0.05) is 17.8 Å². The lowest BCUT2D eigenvalue weighted by molar-refractivity contribution is -0.116. The van der Waals surface area contributed by atoms with Crippen molar-refractivity contribution >= 4 is 45.4 Å². The minimum absolute atomic E-state index is 0. The van der Waals surface area contributed by atoms with Crippen LogP contribution >= 0.6 is 12.4 Å². The van der Waals surface area contributed by atoms with E-state index in [1.54, 1.807) is 25.1 Å². The SMILES string of the molecule is CCCS(=O)(=O)Nc1cccc(NC(=O)CCc2ccccc2N)c1C.Cl. The van der Waals surface area contributed by atoms with Gasteiger partial charge in [-0.2, -0.15) is 0 Å².